The Bertz CT molecular complexity index is 855. The van der Waals surface area contributed by atoms with Gasteiger partial charge in [0.25, 0.3) is 5.91 Å². The molecule has 1 aromatic heterocycles. The van der Waals surface area contributed by atoms with E-state index >= 15 is 0 Å². The summed E-state index contributed by atoms with van der Waals surface area (Å²) in [5, 5.41) is 1.14. The first kappa shape index (κ1) is 14.0. The maximum Gasteiger partial charge on any atom is 0.332 e. The summed E-state index contributed by atoms with van der Waals surface area (Å²) in [6, 6.07) is 19.2. The number of nitrogens with zero attached hydrogens (tertiary/aromatic N) is 2. The van der Waals surface area contributed by atoms with Gasteiger partial charge in [-0.15, -0.1) is 11.3 Å². The third kappa shape index (κ3) is 2.49. The minimum absolute atomic E-state index is 0.105. The lowest BCUT2D eigenvalue weighted by atomic mass is 10.2. The van der Waals surface area contributed by atoms with Crippen molar-refractivity contribution >= 4 is 39.0 Å². The zero-order valence-corrected chi connectivity index (χ0v) is 13.1. The van der Waals surface area contributed by atoms with Crippen molar-refractivity contribution in [1.29, 1.82) is 0 Å². The number of para-hydroxylation sites is 1. The molecule has 0 unspecified atom stereocenters. The predicted molar refractivity (Wildman–Crippen MR) is 91.6 cm³/mol. The zero-order valence-electron chi connectivity index (χ0n) is 12.3. The summed E-state index contributed by atoms with van der Waals surface area (Å²) in [6.45, 7) is 0.439. The molecule has 0 spiro atoms. The molecule has 4 nitrogen and oxygen atoms in total. The van der Waals surface area contributed by atoms with Gasteiger partial charge in [-0.1, -0.05) is 36.4 Å². The second kappa shape index (κ2) is 5.52. The Balaban J connectivity index is 1.59. The maximum absolute atomic E-state index is 12.6. The molecule has 1 saturated heterocycles. The van der Waals surface area contributed by atoms with Crippen LogP contribution in [0.3, 0.4) is 0 Å². The minimum Gasteiger partial charge on any atom is -0.285 e. The average Bonchev–Trinajstić information content (AvgIpc) is 3.11. The summed E-state index contributed by atoms with van der Waals surface area (Å²) in [6.07, 6.45) is 0. The van der Waals surface area contributed by atoms with E-state index in [9.17, 15) is 9.59 Å². The number of rotatable bonds is 3. The Kier molecular flexibility index (Phi) is 3.35. The number of benzene rings is 2. The number of fused-ring (bicyclic) bond motifs is 1. The molecule has 1 fully saturated rings. The van der Waals surface area contributed by atoms with Gasteiger partial charge >= 0.3 is 6.03 Å². The Labute approximate surface area is 137 Å². The van der Waals surface area contributed by atoms with Crippen LogP contribution in [0, 0.1) is 0 Å². The summed E-state index contributed by atoms with van der Waals surface area (Å²) < 4.78 is 1.17. The Morgan fingerprint density at radius 2 is 1.70 bits per heavy atom. The summed E-state index contributed by atoms with van der Waals surface area (Å²) in [5.41, 5.74) is 0.754. The highest BCUT2D eigenvalue weighted by atomic mass is 32.1. The summed E-state index contributed by atoms with van der Waals surface area (Å²) in [7, 11) is 0. The van der Waals surface area contributed by atoms with Gasteiger partial charge in [-0.05, 0) is 29.7 Å². The third-order valence-corrected chi connectivity index (χ3v) is 5.02. The molecule has 5 heteroatoms. The molecule has 0 atom stereocenters. The van der Waals surface area contributed by atoms with E-state index in [4.69, 9.17) is 0 Å². The highest BCUT2D eigenvalue weighted by Gasteiger charge is 2.36. The van der Waals surface area contributed by atoms with E-state index in [0.717, 1.165) is 16.0 Å². The smallest absolute Gasteiger partial charge is 0.285 e. The number of anilines is 1. The number of imide groups is 1. The van der Waals surface area contributed by atoms with Gasteiger partial charge in [0.05, 0.1) is 6.54 Å². The number of hydrogen-bond donors (Lipinski definition) is 0. The van der Waals surface area contributed by atoms with Gasteiger partial charge in [0, 0.05) is 15.3 Å². The van der Waals surface area contributed by atoms with Gasteiger partial charge in [0.15, 0.2) is 0 Å². The van der Waals surface area contributed by atoms with Crippen LogP contribution in [0.2, 0.25) is 0 Å². The van der Waals surface area contributed by atoms with Crippen LogP contribution in [0.4, 0.5) is 10.5 Å². The number of amides is 3. The normalized spacial score (nSPS) is 15.0. The van der Waals surface area contributed by atoms with E-state index in [-0.39, 0.29) is 18.5 Å². The molecule has 23 heavy (non-hydrogen) atoms. The summed E-state index contributed by atoms with van der Waals surface area (Å²) in [4.78, 5) is 28.7. The fourth-order valence-corrected chi connectivity index (χ4v) is 3.83. The molecule has 0 N–H and O–H groups in total. The van der Waals surface area contributed by atoms with Crippen molar-refractivity contribution < 1.29 is 9.59 Å². The Morgan fingerprint density at radius 1 is 0.957 bits per heavy atom. The molecular weight excluding hydrogens is 308 g/mol. The molecule has 1 aliphatic heterocycles. The molecule has 0 saturated carbocycles. The van der Waals surface area contributed by atoms with Crippen LogP contribution in [-0.4, -0.2) is 23.4 Å². The van der Waals surface area contributed by atoms with E-state index < -0.39 is 0 Å². The number of hydrogen-bond acceptors (Lipinski definition) is 3. The van der Waals surface area contributed by atoms with Crippen molar-refractivity contribution in [2.24, 2.45) is 0 Å². The van der Waals surface area contributed by atoms with E-state index in [1.165, 1.54) is 14.5 Å². The summed E-state index contributed by atoms with van der Waals surface area (Å²) >= 11 is 1.62. The lowest BCUT2D eigenvalue weighted by Crippen LogP contribution is -2.32. The van der Waals surface area contributed by atoms with Gasteiger partial charge in [-0.2, -0.15) is 0 Å². The second-order valence-corrected chi connectivity index (χ2v) is 6.60. The standard InChI is InChI=1S/C18H14N2O2S/c21-17-12-19(14-7-2-1-3-8-14)18(22)20(17)11-15-10-13-6-4-5-9-16(13)23-15/h1-10H,11-12H2. The van der Waals surface area contributed by atoms with Gasteiger partial charge in [-0.25, -0.2) is 4.79 Å². The van der Waals surface area contributed by atoms with E-state index in [0.29, 0.717) is 6.54 Å². The largest absolute Gasteiger partial charge is 0.332 e. The van der Waals surface area contributed by atoms with Crippen molar-refractivity contribution in [2.45, 2.75) is 6.54 Å². The minimum atomic E-state index is -0.251. The van der Waals surface area contributed by atoms with Crippen LogP contribution < -0.4 is 4.90 Å². The van der Waals surface area contributed by atoms with Crippen LogP contribution in [0.5, 0.6) is 0 Å². The van der Waals surface area contributed by atoms with Gasteiger partial charge in [-0.3, -0.25) is 14.6 Å². The highest BCUT2D eigenvalue weighted by molar-refractivity contribution is 7.19. The molecule has 3 aromatic rings. The molecule has 2 aromatic carbocycles. The first-order chi connectivity index (χ1) is 11.2. The summed E-state index contributed by atoms with van der Waals surface area (Å²) in [5.74, 6) is -0.156. The van der Waals surface area contributed by atoms with E-state index in [1.807, 2.05) is 60.7 Å². The topological polar surface area (TPSA) is 40.6 Å². The molecule has 4 rings (SSSR count). The first-order valence-corrected chi connectivity index (χ1v) is 8.18. The van der Waals surface area contributed by atoms with Crippen LogP contribution in [0.25, 0.3) is 10.1 Å². The monoisotopic (exact) mass is 322 g/mol. The Hall–Kier alpha value is -2.66. The predicted octanol–water partition coefficient (Wildman–Crippen LogP) is 3.87. The number of carbonyl (C=O) groups excluding carboxylic acids is 2. The zero-order chi connectivity index (χ0) is 15.8. The molecule has 0 bridgehead atoms. The maximum atomic E-state index is 12.6. The fraction of sp³-hybridized carbons (Fsp3) is 0.111. The number of urea groups is 1. The van der Waals surface area contributed by atoms with Gasteiger partial charge < -0.3 is 0 Å². The molecule has 3 amide bonds. The van der Waals surface area contributed by atoms with Gasteiger partial charge in [0.1, 0.15) is 6.54 Å². The van der Waals surface area contributed by atoms with Crippen molar-refractivity contribution in [3.63, 3.8) is 0 Å². The SMILES string of the molecule is O=C1CN(c2ccccc2)C(=O)N1Cc1cc2ccccc2s1. The fourth-order valence-electron chi connectivity index (χ4n) is 2.78. The Morgan fingerprint density at radius 3 is 2.48 bits per heavy atom. The molecule has 0 radical (unpaired) electrons. The number of carbonyl (C=O) groups is 2. The molecule has 0 aliphatic carbocycles. The van der Waals surface area contributed by atoms with Crippen molar-refractivity contribution in [2.75, 3.05) is 11.4 Å². The molecule has 1 aliphatic rings. The average molecular weight is 322 g/mol. The van der Waals surface area contributed by atoms with Crippen molar-refractivity contribution in [3.8, 4) is 0 Å². The first-order valence-electron chi connectivity index (χ1n) is 7.37. The van der Waals surface area contributed by atoms with Crippen molar-refractivity contribution in [3.05, 3.63) is 65.5 Å². The lowest BCUT2D eigenvalue weighted by Gasteiger charge is -2.16. The second-order valence-electron chi connectivity index (χ2n) is 5.43. The van der Waals surface area contributed by atoms with E-state index in [1.54, 1.807) is 11.3 Å². The van der Waals surface area contributed by atoms with Crippen LogP contribution >= 0.6 is 11.3 Å². The molecular formula is C18H14N2O2S. The van der Waals surface area contributed by atoms with Gasteiger partial charge in [0.2, 0.25) is 0 Å². The quantitative estimate of drug-likeness (QED) is 0.687. The molecule has 2 heterocycles. The lowest BCUT2D eigenvalue weighted by molar-refractivity contribution is -0.125. The molecule has 114 valence electrons. The third-order valence-electron chi connectivity index (χ3n) is 3.91. The van der Waals surface area contributed by atoms with Crippen LogP contribution in [0.1, 0.15) is 4.88 Å². The van der Waals surface area contributed by atoms with Crippen LogP contribution in [0.15, 0.2) is 60.7 Å². The van der Waals surface area contributed by atoms with Crippen LogP contribution in [-0.2, 0) is 11.3 Å². The number of thiophene rings is 1. The van der Waals surface area contributed by atoms with E-state index in [2.05, 4.69) is 0 Å². The van der Waals surface area contributed by atoms with Crippen molar-refractivity contribution in [1.82, 2.24) is 4.90 Å². The highest BCUT2D eigenvalue weighted by Crippen LogP contribution is 2.28.